The van der Waals surface area contributed by atoms with Gasteiger partial charge in [0.05, 0.1) is 17.4 Å². The minimum atomic E-state index is -0.293. The van der Waals surface area contributed by atoms with E-state index in [4.69, 9.17) is 20.8 Å². The molecule has 0 aliphatic carbocycles. The lowest BCUT2D eigenvalue weighted by molar-refractivity contribution is -0.111. The second-order valence-electron chi connectivity index (χ2n) is 7.06. The summed E-state index contributed by atoms with van der Waals surface area (Å²) in [6, 6.07) is 15.8. The number of nitrogens with one attached hydrogen (secondary N) is 1. The Bertz CT molecular complexity index is 1370. The molecule has 1 amide bonds. The van der Waals surface area contributed by atoms with E-state index in [1.165, 1.54) is 6.08 Å². The first kappa shape index (κ1) is 20.7. The number of aryl methyl sites for hydroxylation is 1. The van der Waals surface area contributed by atoms with Crippen LogP contribution >= 0.6 is 11.6 Å². The topological polar surface area (TPSA) is 68.5 Å². The fourth-order valence-corrected chi connectivity index (χ4v) is 3.41. The molecule has 0 aliphatic rings. The minimum Gasteiger partial charge on any atom is -0.494 e. The summed E-state index contributed by atoms with van der Waals surface area (Å²) in [5.74, 6) is 0.491. The van der Waals surface area contributed by atoms with E-state index in [0.29, 0.717) is 39.3 Å². The third kappa shape index (κ3) is 4.47. The number of ether oxygens (including phenoxy) is 1. The fourth-order valence-electron chi connectivity index (χ4n) is 3.25. The Morgan fingerprint density at radius 2 is 1.81 bits per heavy atom. The van der Waals surface area contributed by atoms with Gasteiger partial charge < -0.3 is 14.5 Å². The van der Waals surface area contributed by atoms with Crippen LogP contribution in [0.15, 0.2) is 69.9 Å². The zero-order chi connectivity index (χ0) is 22.0. The van der Waals surface area contributed by atoms with Gasteiger partial charge in [0.2, 0.25) is 11.3 Å². The van der Waals surface area contributed by atoms with Crippen LogP contribution in [0, 0.1) is 6.92 Å². The van der Waals surface area contributed by atoms with Crippen LogP contribution in [0.5, 0.6) is 5.75 Å². The Kier molecular flexibility index (Phi) is 5.78. The van der Waals surface area contributed by atoms with Crippen molar-refractivity contribution < 1.29 is 13.9 Å². The second kappa shape index (κ2) is 8.66. The van der Waals surface area contributed by atoms with E-state index in [-0.39, 0.29) is 11.3 Å². The number of carbonyl (C=O) groups excluding carboxylic acids is 1. The Balaban J connectivity index is 1.56. The molecule has 6 heteroatoms. The fraction of sp³-hybridized carbons (Fsp3) is 0.120. The van der Waals surface area contributed by atoms with E-state index in [1.54, 1.807) is 36.4 Å². The summed E-state index contributed by atoms with van der Waals surface area (Å²) in [5.41, 5.74) is 2.92. The summed E-state index contributed by atoms with van der Waals surface area (Å²) in [6.07, 6.45) is 3.16. The molecule has 5 nitrogen and oxygen atoms in total. The van der Waals surface area contributed by atoms with Gasteiger partial charge in [-0.3, -0.25) is 9.59 Å². The van der Waals surface area contributed by atoms with E-state index in [2.05, 4.69) is 5.32 Å². The highest BCUT2D eigenvalue weighted by Gasteiger charge is 2.11. The summed E-state index contributed by atoms with van der Waals surface area (Å²) < 4.78 is 11.3. The van der Waals surface area contributed by atoms with Gasteiger partial charge in [0.1, 0.15) is 16.9 Å². The number of fused-ring (bicyclic) bond motifs is 2. The maximum absolute atomic E-state index is 12.8. The summed E-state index contributed by atoms with van der Waals surface area (Å²) in [7, 11) is 0. The summed E-state index contributed by atoms with van der Waals surface area (Å²) in [4.78, 5) is 25.1. The molecule has 1 aromatic heterocycles. The first-order valence-electron chi connectivity index (χ1n) is 9.83. The molecule has 0 saturated heterocycles. The van der Waals surface area contributed by atoms with Crippen molar-refractivity contribution in [1.29, 1.82) is 0 Å². The molecule has 0 spiro atoms. The zero-order valence-electron chi connectivity index (χ0n) is 17.1. The molecule has 31 heavy (non-hydrogen) atoms. The quantitative estimate of drug-likeness (QED) is 0.311. The lowest BCUT2D eigenvalue weighted by atomic mass is 10.1. The van der Waals surface area contributed by atoms with Gasteiger partial charge in [0, 0.05) is 22.9 Å². The van der Waals surface area contributed by atoms with Crippen molar-refractivity contribution in [2.24, 2.45) is 0 Å². The third-order valence-electron chi connectivity index (χ3n) is 4.84. The van der Waals surface area contributed by atoms with Crippen LogP contribution in [-0.4, -0.2) is 12.5 Å². The Hall–Kier alpha value is -3.57. The molecule has 3 aromatic carbocycles. The van der Waals surface area contributed by atoms with E-state index in [0.717, 1.165) is 16.9 Å². The number of hydrogen-bond acceptors (Lipinski definition) is 4. The molecule has 0 unspecified atom stereocenters. The average Bonchev–Trinajstić information content (AvgIpc) is 2.75. The van der Waals surface area contributed by atoms with E-state index in [1.807, 2.05) is 38.1 Å². The Morgan fingerprint density at radius 3 is 2.55 bits per heavy atom. The van der Waals surface area contributed by atoms with Gasteiger partial charge in [0.15, 0.2) is 0 Å². The molecule has 1 N–H and O–H groups in total. The maximum Gasteiger partial charge on any atom is 0.248 e. The van der Waals surface area contributed by atoms with E-state index in [9.17, 15) is 9.59 Å². The summed E-state index contributed by atoms with van der Waals surface area (Å²) in [5, 5.41) is 4.16. The predicted molar refractivity (Wildman–Crippen MR) is 125 cm³/mol. The van der Waals surface area contributed by atoms with Gasteiger partial charge in [-0.2, -0.15) is 0 Å². The van der Waals surface area contributed by atoms with Gasteiger partial charge in [0.25, 0.3) is 0 Å². The molecule has 156 valence electrons. The molecule has 0 bridgehead atoms. The molecule has 0 atom stereocenters. The van der Waals surface area contributed by atoms with Crippen LogP contribution in [0.1, 0.15) is 18.1 Å². The van der Waals surface area contributed by atoms with Crippen molar-refractivity contribution in [2.75, 3.05) is 11.9 Å². The molecule has 0 saturated carbocycles. The Labute approximate surface area is 183 Å². The average molecular weight is 434 g/mol. The highest BCUT2D eigenvalue weighted by Crippen LogP contribution is 2.26. The highest BCUT2D eigenvalue weighted by atomic mass is 35.5. The number of rotatable bonds is 5. The monoisotopic (exact) mass is 433 g/mol. The van der Waals surface area contributed by atoms with Crippen LogP contribution in [0.4, 0.5) is 5.69 Å². The normalized spacial score (nSPS) is 11.3. The standard InChI is InChI=1S/C25H20ClNO4/c1-3-30-18-8-4-16(5-9-18)6-11-24(28)27-17-7-10-19-23(13-17)31-22-12-15(2)21(26)14-20(22)25(19)29/h4-14H,3H2,1-2H3,(H,27,28)/b11-6+. The molecule has 0 fully saturated rings. The zero-order valence-corrected chi connectivity index (χ0v) is 17.8. The van der Waals surface area contributed by atoms with Gasteiger partial charge in [-0.05, 0) is 67.4 Å². The smallest absolute Gasteiger partial charge is 0.248 e. The molecule has 0 radical (unpaired) electrons. The van der Waals surface area contributed by atoms with Crippen LogP contribution < -0.4 is 15.5 Å². The first-order valence-corrected chi connectivity index (χ1v) is 10.2. The van der Waals surface area contributed by atoms with Gasteiger partial charge in [-0.15, -0.1) is 0 Å². The number of carbonyl (C=O) groups is 1. The molecule has 4 rings (SSSR count). The SMILES string of the molecule is CCOc1ccc(/C=C/C(=O)Nc2ccc3c(=O)c4cc(Cl)c(C)cc4oc3c2)cc1. The van der Waals surface area contributed by atoms with Crippen molar-refractivity contribution in [3.63, 3.8) is 0 Å². The van der Waals surface area contributed by atoms with Gasteiger partial charge >= 0.3 is 0 Å². The van der Waals surface area contributed by atoms with E-state index >= 15 is 0 Å². The van der Waals surface area contributed by atoms with Crippen molar-refractivity contribution in [1.82, 2.24) is 0 Å². The molecule has 4 aromatic rings. The van der Waals surface area contributed by atoms with Crippen molar-refractivity contribution >= 4 is 51.2 Å². The second-order valence-corrected chi connectivity index (χ2v) is 7.47. The van der Waals surface area contributed by atoms with Crippen LogP contribution in [-0.2, 0) is 4.79 Å². The number of benzene rings is 3. The van der Waals surface area contributed by atoms with E-state index < -0.39 is 0 Å². The predicted octanol–water partition coefficient (Wildman–Crippen LogP) is 5.96. The number of anilines is 1. The largest absolute Gasteiger partial charge is 0.494 e. The molecular formula is C25H20ClNO4. The van der Waals surface area contributed by atoms with Gasteiger partial charge in [-0.1, -0.05) is 23.7 Å². The van der Waals surface area contributed by atoms with Crippen molar-refractivity contribution in [2.45, 2.75) is 13.8 Å². The van der Waals surface area contributed by atoms with Crippen LogP contribution in [0.3, 0.4) is 0 Å². The lowest BCUT2D eigenvalue weighted by Gasteiger charge is -2.07. The molecule has 0 aliphatic heterocycles. The number of halogens is 1. The van der Waals surface area contributed by atoms with Crippen molar-refractivity contribution in [3.05, 3.63) is 87.0 Å². The van der Waals surface area contributed by atoms with Crippen LogP contribution in [0.25, 0.3) is 28.0 Å². The summed E-state index contributed by atoms with van der Waals surface area (Å²) in [6.45, 7) is 4.38. The first-order chi connectivity index (χ1) is 14.9. The highest BCUT2D eigenvalue weighted by molar-refractivity contribution is 6.32. The Morgan fingerprint density at radius 1 is 1.06 bits per heavy atom. The lowest BCUT2D eigenvalue weighted by Crippen LogP contribution is -2.08. The minimum absolute atomic E-state index is 0.161. The molecular weight excluding hydrogens is 414 g/mol. The van der Waals surface area contributed by atoms with Crippen molar-refractivity contribution in [3.8, 4) is 5.75 Å². The van der Waals surface area contributed by atoms with Gasteiger partial charge in [-0.25, -0.2) is 0 Å². The summed E-state index contributed by atoms with van der Waals surface area (Å²) >= 11 is 6.15. The van der Waals surface area contributed by atoms with Crippen LogP contribution in [0.2, 0.25) is 5.02 Å². The number of hydrogen-bond donors (Lipinski definition) is 1. The number of amides is 1. The maximum atomic E-state index is 12.8. The third-order valence-corrected chi connectivity index (χ3v) is 5.24. The molecule has 1 heterocycles.